The van der Waals surface area contributed by atoms with Crippen LogP contribution in [0.1, 0.15) is 37.4 Å². The largest absolute Gasteiger partial charge is 0.485 e. The zero-order valence-corrected chi connectivity index (χ0v) is 13.0. The van der Waals surface area contributed by atoms with Crippen molar-refractivity contribution in [3.8, 4) is 5.75 Å². The molecular weight excluding hydrogens is 278 g/mol. The zero-order valence-electron chi connectivity index (χ0n) is 13.0. The van der Waals surface area contributed by atoms with Gasteiger partial charge in [0.05, 0.1) is 0 Å². The molecule has 0 saturated carbocycles. The van der Waals surface area contributed by atoms with Crippen LogP contribution in [0.25, 0.3) is 0 Å². The van der Waals surface area contributed by atoms with Crippen LogP contribution in [0.4, 0.5) is 0 Å². The highest BCUT2D eigenvalue weighted by Gasteiger charge is 2.12. The number of Topliss-reactive ketones (excluding diaryl/α,β-unsaturated/α-hetero) is 1. The van der Waals surface area contributed by atoms with Gasteiger partial charge in [-0.2, -0.15) is 0 Å². The maximum Gasteiger partial charge on any atom is 0.248 e. The monoisotopic (exact) mass is 297 g/mol. The molecule has 0 bridgehead atoms. The Kier molecular flexibility index (Phi) is 4.61. The fourth-order valence-corrected chi connectivity index (χ4v) is 2.20. The van der Waals surface area contributed by atoms with E-state index in [2.05, 4.69) is 0 Å². The van der Waals surface area contributed by atoms with E-state index in [1.807, 2.05) is 32.9 Å². The number of hydrogen-bond donors (Lipinski definition) is 1. The topological polar surface area (TPSA) is 69.4 Å². The quantitative estimate of drug-likeness (QED) is 0.863. The van der Waals surface area contributed by atoms with Crippen molar-refractivity contribution >= 4 is 11.7 Å². The summed E-state index contributed by atoms with van der Waals surface area (Å²) in [6.07, 6.45) is 0. The number of rotatable bonds is 5. The van der Waals surface area contributed by atoms with Crippen molar-refractivity contribution < 1.29 is 14.3 Å². The lowest BCUT2D eigenvalue weighted by Gasteiger charge is -2.10. The van der Waals surface area contributed by atoms with Gasteiger partial charge < -0.3 is 10.5 Å². The minimum atomic E-state index is -0.492. The van der Waals surface area contributed by atoms with Gasteiger partial charge in [-0.1, -0.05) is 6.07 Å². The summed E-state index contributed by atoms with van der Waals surface area (Å²) in [6, 6.07) is 10.3. The molecule has 2 N–H and O–H groups in total. The first-order valence-corrected chi connectivity index (χ1v) is 7.02. The van der Waals surface area contributed by atoms with Crippen molar-refractivity contribution in [3.05, 3.63) is 64.2 Å². The average Bonchev–Trinajstić information content (AvgIpc) is 2.49. The maximum atomic E-state index is 12.3. The van der Waals surface area contributed by atoms with Gasteiger partial charge in [0.2, 0.25) is 5.91 Å². The van der Waals surface area contributed by atoms with Gasteiger partial charge in [0.25, 0.3) is 0 Å². The number of benzene rings is 2. The number of carbonyl (C=O) groups excluding carboxylic acids is 2. The van der Waals surface area contributed by atoms with Crippen LogP contribution in [-0.2, 0) is 0 Å². The Balaban J connectivity index is 2.07. The molecule has 0 aliphatic rings. The summed E-state index contributed by atoms with van der Waals surface area (Å²) in [6.45, 7) is 5.88. The fraction of sp³-hybridized carbons (Fsp3) is 0.222. The summed E-state index contributed by atoms with van der Waals surface area (Å²) >= 11 is 0. The molecule has 0 aliphatic carbocycles. The molecule has 0 spiro atoms. The van der Waals surface area contributed by atoms with Crippen LogP contribution in [0, 0.1) is 20.8 Å². The Labute approximate surface area is 129 Å². The Morgan fingerprint density at radius 3 is 2.14 bits per heavy atom. The first kappa shape index (κ1) is 15.8. The molecular formula is C18H19NO3. The minimum Gasteiger partial charge on any atom is -0.485 e. The van der Waals surface area contributed by atoms with Gasteiger partial charge in [-0.15, -0.1) is 0 Å². The summed E-state index contributed by atoms with van der Waals surface area (Å²) in [5.74, 6) is -0.0344. The number of ether oxygens (including phenoxy) is 1. The first-order chi connectivity index (χ1) is 10.4. The molecule has 0 aromatic heterocycles. The maximum absolute atomic E-state index is 12.3. The molecule has 2 aromatic rings. The van der Waals surface area contributed by atoms with Crippen molar-refractivity contribution in [1.29, 1.82) is 0 Å². The molecule has 0 atom stereocenters. The van der Waals surface area contributed by atoms with Gasteiger partial charge in [0.15, 0.2) is 12.4 Å². The third kappa shape index (κ3) is 3.52. The van der Waals surface area contributed by atoms with E-state index in [1.54, 1.807) is 24.3 Å². The summed E-state index contributed by atoms with van der Waals surface area (Å²) in [5.41, 5.74) is 9.45. The van der Waals surface area contributed by atoms with Crippen LogP contribution in [0.5, 0.6) is 5.75 Å². The van der Waals surface area contributed by atoms with Gasteiger partial charge in [0.1, 0.15) is 5.75 Å². The average molecular weight is 297 g/mol. The number of ketones is 1. The predicted octanol–water partition coefficient (Wildman–Crippen LogP) is 2.97. The molecule has 0 saturated heterocycles. The van der Waals surface area contributed by atoms with E-state index in [1.165, 1.54) is 0 Å². The number of primary amides is 1. The van der Waals surface area contributed by atoms with Gasteiger partial charge in [0, 0.05) is 11.1 Å². The third-order valence-electron chi connectivity index (χ3n) is 3.65. The van der Waals surface area contributed by atoms with Crippen LogP contribution >= 0.6 is 0 Å². The van der Waals surface area contributed by atoms with E-state index in [0.29, 0.717) is 16.9 Å². The molecule has 0 fully saturated rings. The van der Waals surface area contributed by atoms with E-state index in [-0.39, 0.29) is 12.4 Å². The van der Waals surface area contributed by atoms with Gasteiger partial charge in [-0.05, 0) is 67.8 Å². The lowest BCUT2D eigenvalue weighted by molar-refractivity contribution is 0.0919. The highest BCUT2D eigenvalue weighted by atomic mass is 16.5. The van der Waals surface area contributed by atoms with Crippen LogP contribution in [-0.4, -0.2) is 18.3 Å². The second-order valence-corrected chi connectivity index (χ2v) is 5.35. The molecule has 0 heterocycles. The molecule has 4 heteroatoms. The van der Waals surface area contributed by atoms with E-state index < -0.39 is 5.91 Å². The lowest BCUT2D eigenvalue weighted by atomic mass is 9.98. The molecule has 2 aromatic carbocycles. The highest BCUT2D eigenvalue weighted by molar-refractivity contribution is 5.99. The van der Waals surface area contributed by atoms with Crippen molar-refractivity contribution in [2.45, 2.75) is 20.8 Å². The third-order valence-corrected chi connectivity index (χ3v) is 3.65. The van der Waals surface area contributed by atoms with E-state index in [9.17, 15) is 9.59 Å². The number of aryl methyl sites for hydroxylation is 3. The Morgan fingerprint density at radius 1 is 0.955 bits per heavy atom. The van der Waals surface area contributed by atoms with Crippen LogP contribution in [0.2, 0.25) is 0 Å². The smallest absolute Gasteiger partial charge is 0.248 e. The molecule has 0 unspecified atom stereocenters. The SMILES string of the molecule is Cc1cc(C)c(C(=O)COc2ccc(C(N)=O)cc2)cc1C. The Hall–Kier alpha value is -2.62. The van der Waals surface area contributed by atoms with E-state index in [0.717, 1.165) is 16.7 Å². The molecule has 22 heavy (non-hydrogen) atoms. The molecule has 114 valence electrons. The van der Waals surface area contributed by atoms with Gasteiger partial charge in [-0.3, -0.25) is 9.59 Å². The van der Waals surface area contributed by atoms with E-state index >= 15 is 0 Å². The van der Waals surface area contributed by atoms with Crippen molar-refractivity contribution in [2.24, 2.45) is 5.73 Å². The number of hydrogen-bond acceptors (Lipinski definition) is 3. The molecule has 1 amide bonds. The summed E-state index contributed by atoms with van der Waals surface area (Å²) in [5, 5.41) is 0. The van der Waals surface area contributed by atoms with Crippen molar-refractivity contribution in [3.63, 3.8) is 0 Å². The number of carbonyl (C=O) groups is 2. The normalized spacial score (nSPS) is 10.3. The second kappa shape index (κ2) is 6.43. The Bertz CT molecular complexity index is 718. The van der Waals surface area contributed by atoms with Gasteiger partial charge >= 0.3 is 0 Å². The summed E-state index contributed by atoms with van der Waals surface area (Å²) in [7, 11) is 0. The number of amides is 1. The second-order valence-electron chi connectivity index (χ2n) is 5.35. The fourth-order valence-electron chi connectivity index (χ4n) is 2.20. The van der Waals surface area contributed by atoms with Crippen LogP contribution < -0.4 is 10.5 Å². The van der Waals surface area contributed by atoms with Gasteiger partial charge in [-0.25, -0.2) is 0 Å². The highest BCUT2D eigenvalue weighted by Crippen LogP contribution is 2.17. The summed E-state index contributed by atoms with van der Waals surface area (Å²) < 4.78 is 5.48. The minimum absolute atomic E-state index is 0.0424. The van der Waals surface area contributed by atoms with E-state index in [4.69, 9.17) is 10.5 Å². The van der Waals surface area contributed by atoms with Crippen molar-refractivity contribution in [2.75, 3.05) is 6.61 Å². The molecule has 2 rings (SSSR count). The Morgan fingerprint density at radius 2 is 1.55 bits per heavy atom. The first-order valence-electron chi connectivity index (χ1n) is 7.02. The number of nitrogens with two attached hydrogens (primary N) is 1. The summed E-state index contributed by atoms with van der Waals surface area (Å²) in [4.78, 5) is 23.3. The lowest BCUT2D eigenvalue weighted by Crippen LogP contribution is -2.14. The van der Waals surface area contributed by atoms with Crippen LogP contribution in [0.3, 0.4) is 0 Å². The molecule has 4 nitrogen and oxygen atoms in total. The van der Waals surface area contributed by atoms with Crippen molar-refractivity contribution in [1.82, 2.24) is 0 Å². The predicted molar refractivity (Wildman–Crippen MR) is 85.4 cm³/mol. The molecule has 0 aliphatic heterocycles. The van der Waals surface area contributed by atoms with Crippen LogP contribution in [0.15, 0.2) is 36.4 Å². The zero-order chi connectivity index (χ0) is 16.3. The molecule has 0 radical (unpaired) electrons. The standard InChI is InChI=1S/C18H19NO3/c1-11-8-13(3)16(9-12(11)2)17(20)10-22-15-6-4-14(5-7-15)18(19)21/h4-9H,10H2,1-3H3,(H2,19,21).